The van der Waals surface area contributed by atoms with Crippen LogP contribution in [0.1, 0.15) is 19.3 Å². The highest BCUT2D eigenvalue weighted by Crippen LogP contribution is 2.35. The first-order valence-electron chi connectivity index (χ1n) is 5.99. The number of benzene rings is 1. The summed E-state index contributed by atoms with van der Waals surface area (Å²) in [5, 5.41) is 0.118. The monoisotopic (exact) mass is 304 g/mol. The first-order chi connectivity index (χ1) is 8.90. The zero-order valence-electron chi connectivity index (χ0n) is 10.6. The molecule has 0 atom stereocenters. The number of nitrogens with one attached hydrogen (secondary N) is 1. The highest BCUT2D eigenvalue weighted by Gasteiger charge is 2.38. The molecule has 0 saturated heterocycles. The van der Waals surface area contributed by atoms with Crippen LogP contribution in [0, 0.1) is 0 Å². The number of sulfonamides is 1. The maximum absolute atomic E-state index is 12.2. The molecule has 0 spiro atoms. The van der Waals surface area contributed by atoms with Gasteiger partial charge in [0.25, 0.3) is 0 Å². The topological polar surface area (TPSA) is 81.4 Å². The summed E-state index contributed by atoms with van der Waals surface area (Å²) in [5.41, 5.74) is 5.44. The van der Waals surface area contributed by atoms with Crippen molar-refractivity contribution < 1.29 is 13.2 Å². The lowest BCUT2D eigenvalue weighted by Gasteiger charge is -2.40. The smallest absolute Gasteiger partial charge is 0.244 e. The fourth-order valence-corrected chi connectivity index (χ4v) is 3.92. The molecule has 1 aliphatic carbocycles. The normalized spacial score (nSPS) is 18.0. The third-order valence-corrected chi connectivity index (χ3v) is 5.49. The summed E-state index contributed by atoms with van der Waals surface area (Å²) in [5.74, 6) is 0. The van der Waals surface area contributed by atoms with Crippen LogP contribution < -0.4 is 10.5 Å². The van der Waals surface area contributed by atoms with E-state index in [2.05, 4.69) is 4.72 Å². The van der Waals surface area contributed by atoms with Gasteiger partial charge in [-0.2, -0.15) is 0 Å². The second-order valence-electron chi connectivity index (χ2n) is 4.72. The highest BCUT2D eigenvalue weighted by molar-refractivity contribution is 7.89. The molecule has 1 aromatic rings. The van der Waals surface area contributed by atoms with Crippen LogP contribution in [0.15, 0.2) is 23.1 Å². The van der Waals surface area contributed by atoms with Crippen LogP contribution in [0.3, 0.4) is 0 Å². The van der Waals surface area contributed by atoms with Crippen LogP contribution >= 0.6 is 11.6 Å². The van der Waals surface area contributed by atoms with E-state index in [1.165, 1.54) is 12.1 Å². The molecule has 3 N–H and O–H groups in total. The van der Waals surface area contributed by atoms with E-state index in [0.717, 1.165) is 19.3 Å². The number of halogens is 1. The minimum Gasteiger partial charge on any atom is -0.398 e. The van der Waals surface area contributed by atoms with Crippen molar-refractivity contribution in [2.75, 3.05) is 19.4 Å². The number of nitrogens with two attached hydrogens (primary N) is 1. The SMILES string of the molecule is COC1(CNS(=O)(=O)c2c(N)cccc2Cl)CCC1. The molecule has 0 unspecified atom stereocenters. The minimum atomic E-state index is -3.73. The first kappa shape index (κ1) is 14.6. The van der Waals surface area contributed by atoms with Crippen molar-refractivity contribution in [3.63, 3.8) is 0 Å². The number of ether oxygens (including phenoxy) is 1. The lowest BCUT2D eigenvalue weighted by atomic mass is 9.80. The average molecular weight is 305 g/mol. The lowest BCUT2D eigenvalue weighted by Crippen LogP contribution is -2.49. The van der Waals surface area contributed by atoms with Crippen LogP contribution in [0.5, 0.6) is 0 Å². The third-order valence-electron chi connectivity index (χ3n) is 3.55. The Balaban J connectivity index is 2.19. The molecule has 1 aliphatic rings. The van der Waals surface area contributed by atoms with Crippen molar-refractivity contribution >= 4 is 27.3 Å². The van der Waals surface area contributed by atoms with E-state index in [-0.39, 0.29) is 27.8 Å². The van der Waals surface area contributed by atoms with Crippen LogP contribution in [0.2, 0.25) is 5.02 Å². The molecule has 0 radical (unpaired) electrons. The van der Waals surface area contributed by atoms with E-state index >= 15 is 0 Å². The van der Waals surface area contributed by atoms with Gasteiger partial charge >= 0.3 is 0 Å². The van der Waals surface area contributed by atoms with Gasteiger partial charge in [-0.25, -0.2) is 13.1 Å². The van der Waals surface area contributed by atoms with Crippen LogP contribution in [0.25, 0.3) is 0 Å². The molecule has 7 heteroatoms. The molecule has 1 fully saturated rings. The standard InChI is InChI=1S/C12H17ClN2O3S/c1-18-12(6-3-7-12)8-15-19(16,17)11-9(13)4-2-5-10(11)14/h2,4-5,15H,3,6-8,14H2,1H3. The van der Waals surface area contributed by atoms with Crippen molar-refractivity contribution in [3.8, 4) is 0 Å². The van der Waals surface area contributed by atoms with E-state index in [1.54, 1.807) is 13.2 Å². The number of anilines is 1. The molecule has 1 saturated carbocycles. The molecular weight excluding hydrogens is 288 g/mol. The molecule has 0 heterocycles. The summed E-state index contributed by atoms with van der Waals surface area (Å²) in [4.78, 5) is -0.0674. The van der Waals surface area contributed by atoms with Gasteiger partial charge in [-0.05, 0) is 31.4 Å². The summed E-state index contributed by atoms with van der Waals surface area (Å²) >= 11 is 5.92. The van der Waals surface area contributed by atoms with Gasteiger partial charge in [-0.15, -0.1) is 0 Å². The fraction of sp³-hybridized carbons (Fsp3) is 0.500. The van der Waals surface area contributed by atoms with Gasteiger partial charge in [0.05, 0.1) is 16.3 Å². The fourth-order valence-electron chi connectivity index (χ4n) is 2.13. The van der Waals surface area contributed by atoms with Crippen molar-refractivity contribution in [3.05, 3.63) is 23.2 Å². The Morgan fingerprint density at radius 3 is 2.63 bits per heavy atom. The van der Waals surface area contributed by atoms with Gasteiger partial charge in [0, 0.05) is 13.7 Å². The predicted molar refractivity (Wildman–Crippen MR) is 74.6 cm³/mol. The third kappa shape index (κ3) is 2.86. The van der Waals surface area contributed by atoms with Gasteiger partial charge < -0.3 is 10.5 Å². The molecule has 5 nitrogen and oxygen atoms in total. The van der Waals surface area contributed by atoms with Crippen molar-refractivity contribution in [1.29, 1.82) is 0 Å². The Kier molecular flexibility index (Phi) is 4.06. The van der Waals surface area contributed by atoms with Crippen LogP contribution in [-0.2, 0) is 14.8 Å². The van der Waals surface area contributed by atoms with Gasteiger partial charge in [-0.1, -0.05) is 17.7 Å². The molecule has 2 rings (SSSR count). The summed E-state index contributed by atoms with van der Waals surface area (Å²) in [6, 6.07) is 4.62. The highest BCUT2D eigenvalue weighted by atomic mass is 35.5. The second-order valence-corrected chi connectivity index (χ2v) is 6.83. The van der Waals surface area contributed by atoms with Crippen molar-refractivity contribution in [2.24, 2.45) is 0 Å². The van der Waals surface area contributed by atoms with Gasteiger partial charge in [0.1, 0.15) is 4.90 Å². The number of nitrogen functional groups attached to an aromatic ring is 1. The Morgan fingerprint density at radius 1 is 1.47 bits per heavy atom. The Bertz CT molecular complexity index is 545. The van der Waals surface area contributed by atoms with Gasteiger partial charge in [-0.3, -0.25) is 0 Å². The van der Waals surface area contributed by atoms with E-state index in [9.17, 15) is 8.42 Å². The summed E-state index contributed by atoms with van der Waals surface area (Å²) in [6.45, 7) is 0.233. The van der Waals surface area contributed by atoms with Gasteiger partial charge in [0.15, 0.2) is 0 Å². The molecule has 0 aliphatic heterocycles. The number of methoxy groups -OCH3 is 1. The predicted octanol–water partition coefficient (Wildman–Crippen LogP) is 1.77. The molecule has 0 amide bonds. The molecule has 1 aromatic carbocycles. The number of hydrogen-bond acceptors (Lipinski definition) is 4. The molecular formula is C12H17ClN2O3S. The Morgan fingerprint density at radius 2 is 2.16 bits per heavy atom. The largest absolute Gasteiger partial charge is 0.398 e. The number of hydrogen-bond donors (Lipinski definition) is 2. The zero-order chi connectivity index (χ0) is 14.1. The molecule has 106 valence electrons. The minimum absolute atomic E-state index is 0.0674. The average Bonchev–Trinajstić information content (AvgIpc) is 2.27. The zero-order valence-corrected chi connectivity index (χ0v) is 12.2. The lowest BCUT2D eigenvalue weighted by molar-refractivity contribution is -0.0659. The van der Waals surface area contributed by atoms with Gasteiger partial charge in [0.2, 0.25) is 10.0 Å². The Labute approximate surface area is 118 Å². The maximum atomic E-state index is 12.2. The first-order valence-corrected chi connectivity index (χ1v) is 7.85. The summed E-state index contributed by atoms with van der Waals surface area (Å²) in [6.07, 6.45) is 2.75. The Hall–Kier alpha value is -0.820. The van der Waals surface area contributed by atoms with E-state index < -0.39 is 10.0 Å². The maximum Gasteiger partial charge on any atom is 0.244 e. The molecule has 0 aromatic heterocycles. The quantitative estimate of drug-likeness (QED) is 0.812. The van der Waals surface area contributed by atoms with Crippen LogP contribution in [0.4, 0.5) is 5.69 Å². The number of rotatable bonds is 5. The molecule has 19 heavy (non-hydrogen) atoms. The van der Waals surface area contributed by atoms with Crippen molar-refractivity contribution in [1.82, 2.24) is 4.72 Å². The van der Waals surface area contributed by atoms with Crippen molar-refractivity contribution in [2.45, 2.75) is 29.8 Å². The summed E-state index contributed by atoms with van der Waals surface area (Å²) in [7, 11) is -2.13. The second kappa shape index (κ2) is 5.28. The van der Waals surface area contributed by atoms with E-state index in [0.29, 0.717) is 0 Å². The summed E-state index contributed by atoms with van der Waals surface area (Å²) < 4.78 is 32.4. The van der Waals surface area contributed by atoms with E-state index in [4.69, 9.17) is 22.1 Å². The van der Waals surface area contributed by atoms with Crippen LogP contribution in [-0.4, -0.2) is 27.7 Å². The van der Waals surface area contributed by atoms with E-state index in [1.807, 2.05) is 0 Å². The molecule has 0 bridgehead atoms.